The summed E-state index contributed by atoms with van der Waals surface area (Å²) in [5.41, 5.74) is 5.62. The standard InChI is InChI=1S/C12H25NO2.ClH/c1-5-10(4)15-12(14)7-11(8-13)6-9(2)3;/h9-11H,5-8,13H2,1-4H3;1H/t10?,11-;/m0./s1. The fraction of sp³-hybridized carbons (Fsp3) is 0.917. The number of hydrogen-bond acceptors (Lipinski definition) is 3. The van der Waals surface area contributed by atoms with Gasteiger partial charge < -0.3 is 10.5 Å². The minimum absolute atomic E-state index is 0. The molecule has 0 aromatic carbocycles. The Morgan fingerprint density at radius 1 is 1.31 bits per heavy atom. The lowest BCUT2D eigenvalue weighted by Gasteiger charge is -2.17. The molecule has 0 aromatic rings. The number of esters is 1. The van der Waals surface area contributed by atoms with Gasteiger partial charge in [0.05, 0.1) is 6.10 Å². The van der Waals surface area contributed by atoms with Crippen molar-refractivity contribution < 1.29 is 9.53 Å². The molecule has 4 heteroatoms. The lowest BCUT2D eigenvalue weighted by atomic mass is 9.94. The first-order valence-corrected chi connectivity index (χ1v) is 5.89. The molecule has 1 unspecified atom stereocenters. The van der Waals surface area contributed by atoms with Crippen molar-refractivity contribution in [3.8, 4) is 0 Å². The molecule has 0 aliphatic rings. The number of hydrogen-bond donors (Lipinski definition) is 1. The molecule has 0 amide bonds. The molecule has 0 aliphatic heterocycles. The Morgan fingerprint density at radius 2 is 1.88 bits per heavy atom. The minimum atomic E-state index is -0.111. The summed E-state index contributed by atoms with van der Waals surface area (Å²) in [5, 5.41) is 0. The Bertz CT molecular complexity index is 186. The average molecular weight is 252 g/mol. The van der Waals surface area contributed by atoms with Crippen LogP contribution in [0, 0.1) is 11.8 Å². The third-order valence-corrected chi connectivity index (χ3v) is 2.50. The maximum atomic E-state index is 11.5. The molecule has 0 radical (unpaired) electrons. The number of ether oxygens (including phenoxy) is 1. The van der Waals surface area contributed by atoms with Gasteiger partial charge in [-0.15, -0.1) is 12.4 Å². The second-order valence-electron chi connectivity index (χ2n) is 4.64. The van der Waals surface area contributed by atoms with Crippen LogP contribution in [0.4, 0.5) is 0 Å². The summed E-state index contributed by atoms with van der Waals surface area (Å²) < 4.78 is 5.22. The summed E-state index contributed by atoms with van der Waals surface area (Å²) in [6.07, 6.45) is 2.34. The second-order valence-corrected chi connectivity index (χ2v) is 4.64. The van der Waals surface area contributed by atoms with E-state index >= 15 is 0 Å². The molecule has 0 saturated carbocycles. The molecular weight excluding hydrogens is 226 g/mol. The molecule has 0 aliphatic carbocycles. The highest BCUT2D eigenvalue weighted by atomic mass is 35.5. The van der Waals surface area contributed by atoms with Crippen LogP contribution in [0.15, 0.2) is 0 Å². The van der Waals surface area contributed by atoms with E-state index in [9.17, 15) is 4.79 Å². The summed E-state index contributed by atoms with van der Waals surface area (Å²) >= 11 is 0. The fourth-order valence-corrected chi connectivity index (χ4v) is 1.52. The van der Waals surface area contributed by atoms with Crippen LogP contribution in [0.5, 0.6) is 0 Å². The van der Waals surface area contributed by atoms with Crippen molar-refractivity contribution >= 4 is 18.4 Å². The molecule has 0 saturated heterocycles. The van der Waals surface area contributed by atoms with Crippen LogP contribution in [0.25, 0.3) is 0 Å². The van der Waals surface area contributed by atoms with Crippen molar-refractivity contribution in [3.63, 3.8) is 0 Å². The van der Waals surface area contributed by atoms with Crippen LogP contribution < -0.4 is 5.73 Å². The first kappa shape index (κ1) is 18.1. The first-order chi connectivity index (χ1) is 6.99. The van der Waals surface area contributed by atoms with Crippen LogP contribution in [-0.4, -0.2) is 18.6 Å². The zero-order chi connectivity index (χ0) is 11.8. The van der Waals surface area contributed by atoms with E-state index in [2.05, 4.69) is 13.8 Å². The molecule has 0 heterocycles. The lowest BCUT2D eigenvalue weighted by molar-refractivity contribution is -0.149. The Balaban J connectivity index is 0. The van der Waals surface area contributed by atoms with Gasteiger partial charge >= 0.3 is 5.97 Å². The quantitative estimate of drug-likeness (QED) is 0.708. The number of nitrogens with two attached hydrogens (primary N) is 1. The summed E-state index contributed by atoms with van der Waals surface area (Å²) in [7, 11) is 0. The number of carbonyl (C=O) groups excluding carboxylic acids is 1. The highest BCUT2D eigenvalue weighted by Gasteiger charge is 2.16. The SMILES string of the molecule is CCC(C)OC(=O)C[C@@H](CN)CC(C)C.Cl. The van der Waals surface area contributed by atoms with Crippen molar-refractivity contribution in [2.24, 2.45) is 17.6 Å². The first-order valence-electron chi connectivity index (χ1n) is 5.89. The maximum Gasteiger partial charge on any atom is 0.306 e. The Labute approximate surface area is 106 Å². The van der Waals surface area contributed by atoms with Gasteiger partial charge in [0.15, 0.2) is 0 Å². The molecule has 2 N–H and O–H groups in total. The van der Waals surface area contributed by atoms with Crippen LogP contribution >= 0.6 is 12.4 Å². The minimum Gasteiger partial charge on any atom is -0.463 e. The molecule has 0 spiro atoms. The summed E-state index contributed by atoms with van der Waals surface area (Å²) in [4.78, 5) is 11.5. The highest BCUT2D eigenvalue weighted by Crippen LogP contribution is 2.15. The predicted octanol–water partition coefficient (Wildman–Crippen LogP) is 2.76. The van der Waals surface area contributed by atoms with Gasteiger partial charge in [0.25, 0.3) is 0 Å². The molecule has 2 atom stereocenters. The third kappa shape index (κ3) is 8.98. The number of halogens is 1. The number of carbonyl (C=O) groups is 1. The van der Waals surface area contributed by atoms with E-state index in [0.29, 0.717) is 18.9 Å². The van der Waals surface area contributed by atoms with E-state index < -0.39 is 0 Å². The zero-order valence-corrected chi connectivity index (χ0v) is 11.7. The van der Waals surface area contributed by atoms with E-state index in [1.807, 2.05) is 13.8 Å². The molecule has 0 fully saturated rings. The summed E-state index contributed by atoms with van der Waals surface area (Å²) in [5.74, 6) is 0.733. The maximum absolute atomic E-state index is 11.5. The molecule has 0 rings (SSSR count). The Morgan fingerprint density at radius 3 is 2.25 bits per heavy atom. The van der Waals surface area contributed by atoms with Gasteiger partial charge in [-0.2, -0.15) is 0 Å². The highest BCUT2D eigenvalue weighted by molar-refractivity contribution is 5.85. The Kier molecular flexibility index (Phi) is 11.2. The van der Waals surface area contributed by atoms with Gasteiger partial charge in [-0.05, 0) is 38.1 Å². The fourth-order valence-electron chi connectivity index (χ4n) is 1.52. The van der Waals surface area contributed by atoms with E-state index in [0.717, 1.165) is 12.8 Å². The van der Waals surface area contributed by atoms with Crippen molar-refractivity contribution in [2.45, 2.75) is 53.1 Å². The molecule has 98 valence electrons. The predicted molar refractivity (Wildman–Crippen MR) is 69.7 cm³/mol. The monoisotopic (exact) mass is 251 g/mol. The molecule has 0 bridgehead atoms. The van der Waals surface area contributed by atoms with E-state index in [4.69, 9.17) is 10.5 Å². The second kappa shape index (κ2) is 9.91. The van der Waals surface area contributed by atoms with E-state index in [-0.39, 0.29) is 30.4 Å². The normalized spacial score (nSPS) is 14.1. The molecular formula is C12H26ClNO2. The number of rotatable bonds is 7. The van der Waals surface area contributed by atoms with Crippen molar-refractivity contribution in [2.75, 3.05) is 6.54 Å². The van der Waals surface area contributed by atoms with Crippen LogP contribution in [0.1, 0.15) is 47.0 Å². The summed E-state index contributed by atoms with van der Waals surface area (Å²) in [6, 6.07) is 0. The average Bonchev–Trinajstić information content (AvgIpc) is 2.15. The topological polar surface area (TPSA) is 52.3 Å². The van der Waals surface area contributed by atoms with Gasteiger partial charge in [0.2, 0.25) is 0 Å². The smallest absolute Gasteiger partial charge is 0.306 e. The summed E-state index contributed by atoms with van der Waals surface area (Å²) in [6.45, 7) is 8.77. The van der Waals surface area contributed by atoms with Gasteiger partial charge in [0.1, 0.15) is 0 Å². The van der Waals surface area contributed by atoms with Crippen molar-refractivity contribution in [3.05, 3.63) is 0 Å². The molecule has 0 aromatic heterocycles. The third-order valence-electron chi connectivity index (χ3n) is 2.50. The molecule has 3 nitrogen and oxygen atoms in total. The van der Waals surface area contributed by atoms with Crippen LogP contribution in [0.2, 0.25) is 0 Å². The van der Waals surface area contributed by atoms with Gasteiger partial charge in [0, 0.05) is 6.42 Å². The zero-order valence-electron chi connectivity index (χ0n) is 10.9. The van der Waals surface area contributed by atoms with E-state index in [1.54, 1.807) is 0 Å². The largest absolute Gasteiger partial charge is 0.463 e. The van der Waals surface area contributed by atoms with Gasteiger partial charge in [-0.1, -0.05) is 20.8 Å². The van der Waals surface area contributed by atoms with Crippen molar-refractivity contribution in [1.29, 1.82) is 0 Å². The lowest BCUT2D eigenvalue weighted by Crippen LogP contribution is -2.23. The Hall–Kier alpha value is -0.280. The van der Waals surface area contributed by atoms with Crippen LogP contribution in [0.3, 0.4) is 0 Å². The van der Waals surface area contributed by atoms with Crippen LogP contribution in [-0.2, 0) is 9.53 Å². The molecule has 16 heavy (non-hydrogen) atoms. The van der Waals surface area contributed by atoms with Gasteiger partial charge in [-0.25, -0.2) is 0 Å². The van der Waals surface area contributed by atoms with Gasteiger partial charge in [-0.3, -0.25) is 4.79 Å². The van der Waals surface area contributed by atoms with E-state index in [1.165, 1.54) is 0 Å². The van der Waals surface area contributed by atoms with Crippen molar-refractivity contribution in [1.82, 2.24) is 0 Å².